The third-order valence-corrected chi connectivity index (χ3v) is 6.86. The van der Waals surface area contributed by atoms with Crippen LogP contribution in [0.3, 0.4) is 0 Å². The molecule has 21 heavy (non-hydrogen) atoms. The molecule has 1 unspecified atom stereocenters. The van der Waals surface area contributed by atoms with Crippen LogP contribution in [0.2, 0.25) is 0 Å². The minimum Gasteiger partial charge on any atom is -0.310 e. The molecule has 0 amide bonds. The molecule has 0 spiro atoms. The van der Waals surface area contributed by atoms with E-state index in [0.29, 0.717) is 11.4 Å². The van der Waals surface area contributed by atoms with Crippen LogP contribution in [0.4, 0.5) is 0 Å². The van der Waals surface area contributed by atoms with Crippen LogP contribution in [0.15, 0.2) is 29.2 Å². The Morgan fingerprint density at radius 1 is 1.29 bits per heavy atom. The average Bonchev–Trinajstić information content (AvgIpc) is 3.26. The van der Waals surface area contributed by atoms with Crippen LogP contribution in [0, 0.1) is 0 Å². The van der Waals surface area contributed by atoms with Crippen molar-refractivity contribution in [3.05, 3.63) is 29.8 Å². The first kappa shape index (κ1) is 16.8. The zero-order chi connectivity index (χ0) is 15.5. The number of hydrogen-bond donors (Lipinski definition) is 2. The smallest absolute Gasteiger partial charge is 0.240 e. The van der Waals surface area contributed by atoms with Gasteiger partial charge in [-0.3, -0.25) is 0 Å². The molecule has 0 radical (unpaired) electrons. The first-order chi connectivity index (χ1) is 9.92. The molecule has 2 N–H and O–H groups in total. The molecule has 0 aromatic heterocycles. The van der Waals surface area contributed by atoms with Crippen LogP contribution in [0.25, 0.3) is 0 Å². The van der Waals surface area contributed by atoms with Crippen LogP contribution in [0.5, 0.6) is 0 Å². The van der Waals surface area contributed by atoms with Gasteiger partial charge in [-0.15, -0.1) is 0 Å². The quantitative estimate of drug-likeness (QED) is 0.770. The maximum atomic E-state index is 12.3. The van der Waals surface area contributed by atoms with Gasteiger partial charge in [0.05, 0.1) is 4.90 Å². The van der Waals surface area contributed by atoms with Crippen molar-refractivity contribution in [1.82, 2.24) is 10.0 Å². The van der Waals surface area contributed by atoms with Gasteiger partial charge in [0.2, 0.25) is 10.0 Å². The Hall–Kier alpha value is -0.560. The van der Waals surface area contributed by atoms with Crippen molar-refractivity contribution in [2.45, 2.75) is 42.4 Å². The van der Waals surface area contributed by atoms with Crippen molar-refractivity contribution in [3.8, 4) is 0 Å². The van der Waals surface area contributed by atoms with E-state index in [0.717, 1.165) is 24.9 Å². The number of rotatable bonds is 8. The summed E-state index contributed by atoms with van der Waals surface area (Å²) in [5.41, 5.74) is 1.10. The molecule has 0 heterocycles. The highest BCUT2D eigenvalue weighted by atomic mass is 32.2. The Kier molecular flexibility index (Phi) is 5.35. The first-order valence-electron chi connectivity index (χ1n) is 7.30. The molecule has 1 aliphatic rings. The molecule has 2 rings (SSSR count). The largest absolute Gasteiger partial charge is 0.310 e. The zero-order valence-corrected chi connectivity index (χ0v) is 14.5. The Balaban J connectivity index is 2.03. The molecule has 1 saturated carbocycles. The van der Waals surface area contributed by atoms with Crippen LogP contribution in [0.1, 0.15) is 38.3 Å². The molecule has 1 atom stereocenters. The maximum Gasteiger partial charge on any atom is 0.240 e. The van der Waals surface area contributed by atoms with Crippen LogP contribution < -0.4 is 10.0 Å². The van der Waals surface area contributed by atoms with Gasteiger partial charge >= 0.3 is 0 Å². The molecule has 1 aromatic rings. The highest BCUT2D eigenvalue weighted by Gasteiger charge is 2.42. The van der Waals surface area contributed by atoms with E-state index in [1.54, 1.807) is 23.9 Å². The Morgan fingerprint density at radius 3 is 2.38 bits per heavy atom. The third kappa shape index (κ3) is 4.22. The summed E-state index contributed by atoms with van der Waals surface area (Å²) in [4.78, 5) is 0.340. The van der Waals surface area contributed by atoms with E-state index in [4.69, 9.17) is 0 Å². The molecule has 1 fully saturated rings. The zero-order valence-electron chi connectivity index (χ0n) is 12.8. The molecule has 4 nitrogen and oxygen atoms in total. The summed E-state index contributed by atoms with van der Waals surface area (Å²) in [5, 5.41) is 3.31. The molecule has 6 heteroatoms. The normalized spacial score (nSPS) is 18.4. The van der Waals surface area contributed by atoms with Crippen LogP contribution in [-0.2, 0) is 10.0 Å². The van der Waals surface area contributed by atoms with Gasteiger partial charge in [-0.05, 0) is 50.3 Å². The third-order valence-electron chi connectivity index (χ3n) is 4.03. The average molecular weight is 329 g/mol. The molecule has 1 aromatic carbocycles. The number of thioether (sulfide) groups is 1. The maximum absolute atomic E-state index is 12.3. The summed E-state index contributed by atoms with van der Waals surface area (Å²) in [7, 11) is -3.40. The van der Waals surface area contributed by atoms with Crippen molar-refractivity contribution in [2.24, 2.45) is 0 Å². The summed E-state index contributed by atoms with van der Waals surface area (Å²) in [6, 6.07) is 7.35. The van der Waals surface area contributed by atoms with E-state index in [1.165, 1.54) is 0 Å². The van der Waals surface area contributed by atoms with E-state index in [9.17, 15) is 8.42 Å². The van der Waals surface area contributed by atoms with Crippen molar-refractivity contribution in [3.63, 3.8) is 0 Å². The van der Waals surface area contributed by atoms with Crippen molar-refractivity contribution in [2.75, 3.05) is 19.3 Å². The fraction of sp³-hybridized carbons (Fsp3) is 0.600. The van der Waals surface area contributed by atoms with E-state index in [1.807, 2.05) is 18.4 Å². The molecule has 0 bridgehead atoms. The summed E-state index contributed by atoms with van der Waals surface area (Å²) in [5.74, 6) is 0. The predicted molar refractivity (Wildman–Crippen MR) is 89.2 cm³/mol. The molecule has 118 valence electrons. The van der Waals surface area contributed by atoms with Gasteiger partial charge in [-0.1, -0.05) is 19.1 Å². The highest BCUT2D eigenvalue weighted by molar-refractivity contribution is 8.00. The summed E-state index contributed by atoms with van der Waals surface area (Å²) >= 11 is 1.75. The lowest BCUT2D eigenvalue weighted by Gasteiger charge is -2.15. The minimum absolute atomic E-state index is 0.132. The fourth-order valence-corrected chi connectivity index (χ4v) is 4.21. The molecule has 0 aliphatic heterocycles. The molecular formula is C15H24N2O2S2. The van der Waals surface area contributed by atoms with Gasteiger partial charge in [0.15, 0.2) is 0 Å². The second kappa shape index (κ2) is 6.69. The second-order valence-electron chi connectivity index (χ2n) is 5.56. The van der Waals surface area contributed by atoms with Crippen LogP contribution in [-0.4, -0.2) is 32.5 Å². The summed E-state index contributed by atoms with van der Waals surface area (Å²) in [6.45, 7) is 5.53. The fourth-order valence-electron chi connectivity index (χ4n) is 2.26. The van der Waals surface area contributed by atoms with Gasteiger partial charge < -0.3 is 5.32 Å². The number of nitrogens with one attached hydrogen (secondary N) is 2. The standard InChI is InChI=1S/C15H24N2O2S2/c1-4-16-12(2)13-5-7-14(8-6-13)21(18,19)17-11-15(20-3)9-10-15/h5-8,12,16-17H,4,9-11H2,1-3H3. The first-order valence-corrected chi connectivity index (χ1v) is 10.0. The Morgan fingerprint density at radius 2 is 1.90 bits per heavy atom. The van der Waals surface area contributed by atoms with Crippen molar-refractivity contribution >= 4 is 21.8 Å². The monoisotopic (exact) mass is 328 g/mol. The lowest BCUT2D eigenvalue weighted by atomic mass is 10.1. The van der Waals surface area contributed by atoms with Gasteiger partial charge in [-0.2, -0.15) is 11.8 Å². The van der Waals surface area contributed by atoms with Gasteiger partial charge in [0.1, 0.15) is 0 Å². The summed E-state index contributed by atoms with van der Waals surface area (Å²) in [6.07, 6.45) is 4.23. The predicted octanol–water partition coefficient (Wildman–Crippen LogP) is 2.53. The number of sulfonamides is 1. The van der Waals surface area contributed by atoms with Gasteiger partial charge in [-0.25, -0.2) is 13.1 Å². The lowest BCUT2D eigenvalue weighted by molar-refractivity contribution is 0.578. The highest BCUT2D eigenvalue weighted by Crippen LogP contribution is 2.46. The minimum atomic E-state index is -3.40. The van der Waals surface area contributed by atoms with Crippen molar-refractivity contribution < 1.29 is 8.42 Å². The Bertz CT molecular complexity index is 566. The van der Waals surface area contributed by atoms with Crippen LogP contribution >= 0.6 is 11.8 Å². The van der Waals surface area contributed by atoms with E-state index in [-0.39, 0.29) is 10.8 Å². The van der Waals surface area contributed by atoms with Crippen molar-refractivity contribution in [1.29, 1.82) is 0 Å². The topological polar surface area (TPSA) is 58.2 Å². The van der Waals surface area contributed by atoms with E-state index in [2.05, 4.69) is 23.9 Å². The number of benzene rings is 1. The lowest BCUT2D eigenvalue weighted by Crippen LogP contribution is -2.31. The van der Waals surface area contributed by atoms with Gasteiger partial charge in [0, 0.05) is 17.3 Å². The molecular weight excluding hydrogens is 304 g/mol. The SMILES string of the molecule is CCNC(C)c1ccc(S(=O)(=O)NCC2(SC)CC2)cc1. The molecule has 1 aliphatic carbocycles. The van der Waals surface area contributed by atoms with Gasteiger partial charge in [0.25, 0.3) is 0 Å². The molecule has 0 saturated heterocycles. The Labute approximate surface area is 132 Å². The summed E-state index contributed by atoms with van der Waals surface area (Å²) < 4.78 is 27.5. The van der Waals surface area contributed by atoms with E-state index >= 15 is 0 Å². The number of hydrogen-bond acceptors (Lipinski definition) is 4. The van der Waals surface area contributed by atoms with E-state index < -0.39 is 10.0 Å². The second-order valence-corrected chi connectivity index (χ2v) is 8.60.